The highest BCUT2D eigenvalue weighted by Gasteiger charge is 2.47. The van der Waals surface area contributed by atoms with Gasteiger partial charge in [-0.1, -0.05) is 18.2 Å². The summed E-state index contributed by atoms with van der Waals surface area (Å²) in [6.45, 7) is 1.07. The van der Waals surface area contributed by atoms with Gasteiger partial charge >= 0.3 is 0 Å². The number of hydrogen-bond donors (Lipinski definition) is 1. The molecule has 21 heavy (non-hydrogen) atoms. The summed E-state index contributed by atoms with van der Waals surface area (Å²) in [7, 11) is 0. The van der Waals surface area contributed by atoms with Gasteiger partial charge in [0.15, 0.2) is 0 Å². The van der Waals surface area contributed by atoms with Crippen LogP contribution in [0.1, 0.15) is 37.7 Å². The molecule has 6 rings (SSSR count). The zero-order valence-corrected chi connectivity index (χ0v) is 13.2. The monoisotopic (exact) mass is 297 g/mol. The largest absolute Gasteiger partial charge is 0.309 e. The lowest BCUT2D eigenvalue weighted by Gasteiger charge is -2.54. The summed E-state index contributed by atoms with van der Waals surface area (Å²) in [5, 5.41) is 7.78. The van der Waals surface area contributed by atoms with Gasteiger partial charge in [-0.2, -0.15) is 0 Å². The van der Waals surface area contributed by atoms with Gasteiger partial charge in [0.25, 0.3) is 0 Å². The highest BCUT2D eigenvalue weighted by Crippen LogP contribution is 2.53. The average molecular weight is 297 g/mol. The molecule has 2 aromatic rings. The Morgan fingerprint density at radius 3 is 2.43 bits per heavy atom. The van der Waals surface area contributed by atoms with E-state index in [-0.39, 0.29) is 0 Å². The van der Waals surface area contributed by atoms with Gasteiger partial charge in [-0.3, -0.25) is 0 Å². The molecule has 4 fully saturated rings. The molecule has 0 amide bonds. The van der Waals surface area contributed by atoms with Crippen LogP contribution in [0.15, 0.2) is 29.6 Å². The molecule has 1 nitrogen and oxygen atoms in total. The van der Waals surface area contributed by atoms with Crippen molar-refractivity contribution in [3.8, 4) is 0 Å². The van der Waals surface area contributed by atoms with E-state index >= 15 is 0 Å². The molecule has 0 unspecified atom stereocenters. The van der Waals surface area contributed by atoms with Gasteiger partial charge in [-0.15, -0.1) is 11.3 Å². The SMILES string of the molecule is c1ccc2c(CNC3C4CC5CC(C4)CC3C5)csc2c1. The minimum absolute atomic E-state index is 0.802. The van der Waals surface area contributed by atoms with Crippen LogP contribution < -0.4 is 5.32 Å². The summed E-state index contributed by atoms with van der Waals surface area (Å²) in [6, 6.07) is 9.64. The van der Waals surface area contributed by atoms with Crippen molar-refractivity contribution in [2.45, 2.75) is 44.7 Å². The Morgan fingerprint density at radius 1 is 0.952 bits per heavy atom. The van der Waals surface area contributed by atoms with Crippen molar-refractivity contribution in [3.63, 3.8) is 0 Å². The van der Waals surface area contributed by atoms with Gasteiger partial charge in [0, 0.05) is 17.3 Å². The zero-order chi connectivity index (χ0) is 13.8. The van der Waals surface area contributed by atoms with Crippen LogP contribution in [0.25, 0.3) is 10.1 Å². The number of hydrogen-bond acceptors (Lipinski definition) is 2. The topological polar surface area (TPSA) is 12.0 Å². The Labute approximate surface area is 130 Å². The van der Waals surface area contributed by atoms with Gasteiger partial charge < -0.3 is 5.32 Å². The van der Waals surface area contributed by atoms with E-state index in [0.717, 1.165) is 36.3 Å². The first-order valence-electron chi connectivity index (χ1n) is 8.55. The maximum Gasteiger partial charge on any atom is 0.0346 e. The van der Waals surface area contributed by atoms with Crippen molar-refractivity contribution < 1.29 is 0 Å². The minimum atomic E-state index is 0.802. The fourth-order valence-corrected chi connectivity index (χ4v) is 6.62. The zero-order valence-electron chi connectivity index (χ0n) is 12.4. The molecule has 4 bridgehead atoms. The van der Waals surface area contributed by atoms with Gasteiger partial charge in [-0.05, 0) is 78.2 Å². The summed E-state index contributed by atoms with van der Waals surface area (Å²) >= 11 is 1.89. The summed E-state index contributed by atoms with van der Waals surface area (Å²) < 4.78 is 1.43. The molecule has 0 radical (unpaired) electrons. The van der Waals surface area contributed by atoms with E-state index in [1.54, 1.807) is 6.42 Å². The molecule has 2 heteroatoms. The van der Waals surface area contributed by atoms with Crippen molar-refractivity contribution >= 4 is 21.4 Å². The maximum atomic E-state index is 3.97. The molecule has 0 atom stereocenters. The second-order valence-electron chi connectivity index (χ2n) is 7.59. The molecule has 1 aromatic carbocycles. The van der Waals surface area contributed by atoms with E-state index < -0.39 is 0 Å². The van der Waals surface area contributed by atoms with E-state index in [4.69, 9.17) is 0 Å². The number of benzene rings is 1. The van der Waals surface area contributed by atoms with E-state index in [1.165, 1.54) is 41.3 Å². The van der Waals surface area contributed by atoms with E-state index in [1.807, 2.05) is 11.3 Å². The minimum Gasteiger partial charge on any atom is -0.309 e. The summed E-state index contributed by atoms with van der Waals surface area (Å²) in [5.41, 5.74) is 1.50. The van der Waals surface area contributed by atoms with E-state index in [2.05, 4.69) is 35.0 Å². The quantitative estimate of drug-likeness (QED) is 0.857. The van der Waals surface area contributed by atoms with Crippen LogP contribution in [0.3, 0.4) is 0 Å². The molecule has 0 spiro atoms. The first-order valence-corrected chi connectivity index (χ1v) is 9.43. The van der Waals surface area contributed by atoms with Crippen molar-refractivity contribution in [3.05, 3.63) is 35.2 Å². The Balaban J connectivity index is 1.34. The second-order valence-corrected chi connectivity index (χ2v) is 8.51. The smallest absolute Gasteiger partial charge is 0.0346 e. The van der Waals surface area contributed by atoms with E-state index in [9.17, 15) is 0 Å². The predicted octanol–water partition coefficient (Wildman–Crippen LogP) is 4.82. The third kappa shape index (κ3) is 2.07. The Bertz CT molecular complexity index is 630. The van der Waals surface area contributed by atoms with Gasteiger partial charge in [0.05, 0.1) is 0 Å². The number of rotatable bonds is 3. The van der Waals surface area contributed by atoms with Crippen molar-refractivity contribution in [1.82, 2.24) is 5.32 Å². The molecule has 4 aliphatic rings. The lowest BCUT2D eigenvalue weighted by Crippen LogP contribution is -2.54. The van der Waals surface area contributed by atoms with Crippen LogP contribution in [0.5, 0.6) is 0 Å². The molecule has 4 saturated carbocycles. The Morgan fingerprint density at radius 2 is 1.67 bits per heavy atom. The normalized spacial score (nSPS) is 37.4. The number of fused-ring (bicyclic) bond motifs is 1. The predicted molar refractivity (Wildman–Crippen MR) is 89.5 cm³/mol. The molecular weight excluding hydrogens is 274 g/mol. The fourth-order valence-electron chi connectivity index (χ4n) is 5.66. The molecule has 1 heterocycles. The first kappa shape index (κ1) is 12.7. The summed E-state index contributed by atoms with van der Waals surface area (Å²) in [4.78, 5) is 0. The van der Waals surface area contributed by atoms with Crippen LogP contribution in [-0.2, 0) is 6.54 Å². The van der Waals surface area contributed by atoms with Gasteiger partial charge in [-0.25, -0.2) is 0 Å². The van der Waals surface area contributed by atoms with Gasteiger partial charge in [0.2, 0.25) is 0 Å². The molecule has 110 valence electrons. The molecular formula is C19H23NS. The highest BCUT2D eigenvalue weighted by molar-refractivity contribution is 7.17. The van der Waals surface area contributed by atoms with E-state index in [0.29, 0.717) is 0 Å². The lowest BCUT2D eigenvalue weighted by atomic mass is 9.54. The summed E-state index contributed by atoms with van der Waals surface area (Å²) in [6.07, 6.45) is 7.59. The van der Waals surface area contributed by atoms with Crippen LogP contribution >= 0.6 is 11.3 Å². The molecule has 1 aromatic heterocycles. The fraction of sp³-hybridized carbons (Fsp3) is 0.579. The van der Waals surface area contributed by atoms with Crippen molar-refractivity contribution in [1.29, 1.82) is 0 Å². The Hall–Kier alpha value is -0.860. The summed E-state index contributed by atoms with van der Waals surface area (Å²) in [5.74, 6) is 4.11. The Kier molecular flexibility index (Phi) is 2.91. The van der Waals surface area contributed by atoms with Crippen LogP contribution in [-0.4, -0.2) is 6.04 Å². The average Bonchev–Trinajstić information content (AvgIpc) is 2.89. The molecule has 0 aliphatic heterocycles. The molecule has 4 aliphatic carbocycles. The van der Waals surface area contributed by atoms with Crippen LogP contribution in [0, 0.1) is 23.7 Å². The van der Waals surface area contributed by atoms with Crippen molar-refractivity contribution in [2.75, 3.05) is 0 Å². The number of thiophene rings is 1. The number of nitrogens with one attached hydrogen (secondary N) is 1. The third-order valence-electron chi connectivity index (χ3n) is 6.32. The van der Waals surface area contributed by atoms with Crippen LogP contribution in [0.4, 0.5) is 0 Å². The lowest BCUT2D eigenvalue weighted by molar-refractivity contribution is -0.0142. The maximum absolute atomic E-state index is 3.97. The third-order valence-corrected chi connectivity index (χ3v) is 7.33. The first-order chi connectivity index (χ1) is 10.4. The van der Waals surface area contributed by atoms with Crippen LogP contribution in [0.2, 0.25) is 0 Å². The van der Waals surface area contributed by atoms with Gasteiger partial charge in [0.1, 0.15) is 0 Å². The molecule has 1 N–H and O–H groups in total. The standard InChI is InChI=1S/C19H23NS/c1-2-4-18-17(3-1)16(11-21-18)10-20-19-14-6-12-5-13(8-14)9-15(19)7-12/h1-4,11-15,19-20H,5-10H2. The molecule has 0 saturated heterocycles. The highest BCUT2D eigenvalue weighted by atomic mass is 32.1. The van der Waals surface area contributed by atoms with Crippen molar-refractivity contribution in [2.24, 2.45) is 23.7 Å². The second kappa shape index (κ2) is 4.82.